The van der Waals surface area contributed by atoms with Gasteiger partial charge >= 0.3 is 0 Å². The molecule has 2 rings (SSSR count). The standard InChI is InChI=1S/C17H27N5O3/c1-11-14(12(2)19-18-11)6-7-16(24)21-8-9-22(13(3)23)15(10-21)17(25)20(4)5/h15H,6-10H2,1-5H3,(H,18,19)/t15-/m0/s1. The number of nitrogens with zero attached hydrogens (tertiary/aromatic N) is 4. The van der Waals surface area contributed by atoms with Crippen LogP contribution in [-0.2, 0) is 20.8 Å². The zero-order valence-corrected chi connectivity index (χ0v) is 15.6. The third kappa shape index (κ3) is 4.18. The van der Waals surface area contributed by atoms with Gasteiger partial charge in [0.05, 0.1) is 12.2 Å². The lowest BCUT2D eigenvalue weighted by atomic mass is 10.1. The number of H-pyrrole nitrogens is 1. The summed E-state index contributed by atoms with van der Waals surface area (Å²) in [5.41, 5.74) is 2.95. The van der Waals surface area contributed by atoms with E-state index in [9.17, 15) is 14.4 Å². The molecule has 0 radical (unpaired) electrons. The van der Waals surface area contributed by atoms with Gasteiger partial charge in [0.15, 0.2) is 0 Å². The van der Waals surface area contributed by atoms with Crippen LogP contribution < -0.4 is 0 Å². The number of piperazine rings is 1. The second-order valence-electron chi connectivity index (χ2n) is 6.71. The number of amides is 3. The molecule has 138 valence electrons. The highest BCUT2D eigenvalue weighted by molar-refractivity contribution is 5.88. The van der Waals surface area contributed by atoms with Crippen molar-refractivity contribution in [2.45, 2.75) is 39.7 Å². The third-order valence-electron chi connectivity index (χ3n) is 4.73. The quantitative estimate of drug-likeness (QED) is 0.835. The van der Waals surface area contributed by atoms with Gasteiger partial charge in [-0.2, -0.15) is 5.10 Å². The summed E-state index contributed by atoms with van der Waals surface area (Å²) in [6.45, 7) is 6.41. The van der Waals surface area contributed by atoms with Gasteiger partial charge in [0, 0.05) is 46.2 Å². The largest absolute Gasteiger partial charge is 0.347 e. The summed E-state index contributed by atoms with van der Waals surface area (Å²) in [6, 6.07) is -0.609. The monoisotopic (exact) mass is 349 g/mol. The number of nitrogens with one attached hydrogen (secondary N) is 1. The fourth-order valence-electron chi connectivity index (χ4n) is 3.23. The second kappa shape index (κ2) is 7.67. The Kier molecular flexibility index (Phi) is 5.81. The topological polar surface area (TPSA) is 89.6 Å². The third-order valence-corrected chi connectivity index (χ3v) is 4.73. The van der Waals surface area contributed by atoms with Gasteiger partial charge in [-0.3, -0.25) is 19.5 Å². The molecule has 0 bridgehead atoms. The van der Waals surface area contributed by atoms with Crippen molar-refractivity contribution in [1.29, 1.82) is 0 Å². The summed E-state index contributed by atoms with van der Waals surface area (Å²) in [6.07, 6.45) is 0.983. The first-order valence-electron chi connectivity index (χ1n) is 8.49. The average molecular weight is 349 g/mol. The van der Waals surface area contributed by atoms with Crippen LogP contribution >= 0.6 is 0 Å². The molecule has 1 aliphatic rings. The van der Waals surface area contributed by atoms with E-state index in [1.807, 2.05) is 13.8 Å². The Bertz CT molecular complexity index is 648. The number of hydrogen-bond acceptors (Lipinski definition) is 4. The molecule has 1 aromatic heterocycles. The molecule has 1 aromatic rings. The number of rotatable bonds is 4. The van der Waals surface area contributed by atoms with E-state index in [0.717, 1.165) is 17.0 Å². The molecule has 3 amide bonds. The molecular formula is C17H27N5O3. The maximum Gasteiger partial charge on any atom is 0.246 e. The summed E-state index contributed by atoms with van der Waals surface area (Å²) in [5, 5.41) is 7.07. The molecule has 0 saturated carbocycles. The number of likely N-dealkylation sites (N-methyl/N-ethyl adjacent to an activating group) is 1. The summed E-state index contributed by atoms with van der Waals surface area (Å²) < 4.78 is 0. The maximum absolute atomic E-state index is 12.6. The van der Waals surface area contributed by atoms with Crippen LogP contribution in [0, 0.1) is 13.8 Å². The smallest absolute Gasteiger partial charge is 0.246 e. The zero-order valence-electron chi connectivity index (χ0n) is 15.6. The fourth-order valence-corrected chi connectivity index (χ4v) is 3.23. The highest BCUT2D eigenvalue weighted by Gasteiger charge is 2.36. The highest BCUT2D eigenvalue weighted by Crippen LogP contribution is 2.16. The van der Waals surface area contributed by atoms with Crippen LogP contribution in [0.25, 0.3) is 0 Å². The van der Waals surface area contributed by atoms with Crippen LogP contribution in [0.3, 0.4) is 0 Å². The van der Waals surface area contributed by atoms with Crippen LogP contribution in [0.2, 0.25) is 0 Å². The van der Waals surface area contributed by atoms with E-state index in [1.165, 1.54) is 11.8 Å². The summed E-state index contributed by atoms with van der Waals surface area (Å²) >= 11 is 0. The van der Waals surface area contributed by atoms with E-state index < -0.39 is 6.04 Å². The minimum atomic E-state index is -0.609. The molecule has 1 aliphatic heterocycles. The van der Waals surface area contributed by atoms with Crippen molar-refractivity contribution in [3.8, 4) is 0 Å². The van der Waals surface area contributed by atoms with Crippen molar-refractivity contribution in [2.24, 2.45) is 0 Å². The molecule has 8 heteroatoms. The maximum atomic E-state index is 12.6. The molecule has 0 aromatic carbocycles. The summed E-state index contributed by atoms with van der Waals surface area (Å²) in [4.78, 5) is 41.5. The molecule has 0 aliphatic carbocycles. The lowest BCUT2D eigenvalue weighted by molar-refractivity contribution is -0.150. The lowest BCUT2D eigenvalue weighted by Crippen LogP contribution is -2.61. The average Bonchev–Trinajstić information content (AvgIpc) is 2.89. The SMILES string of the molecule is CC(=O)N1CCN(C(=O)CCc2c(C)n[nH]c2C)C[C@H]1C(=O)N(C)C. The van der Waals surface area contributed by atoms with E-state index in [1.54, 1.807) is 23.9 Å². The molecule has 0 unspecified atom stereocenters. The van der Waals surface area contributed by atoms with Crippen molar-refractivity contribution < 1.29 is 14.4 Å². The summed E-state index contributed by atoms with van der Waals surface area (Å²) in [5.74, 6) is -0.300. The minimum Gasteiger partial charge on any atom is -0.347 e. The molecule has 0 spiro atoms. The Morgan fingerprint density at radius 2 is 1.92 bits per heavy atom. The Hall–Kier alpha value is -2.38. The van der Waals surface area contributed by atoms with Gasteiger partial charge in [-0.05, 0) is 25.8 Å². The molecular weight excluding hydrogens is 322 g/mol. The van der Waals surface area contributed by atoms with Crippen LogP contribution in [0.4, 0.5) is 0 Å². The number of carbonyl (C=O) groups excluding carboxylic acids is 3. The molecule has 1 saturated heterocycles. The molecule has 1 fully saturated rings. The second-order valence-corrected chi connectivity index (χ2v) is 6.71. The normalized spacial score (nSPS) is 17.6. The number of aromatic nitrogens is 2. The van der Waals surface area contributed by atoms with Gasteiger partial charge in [-0.15, -0.1) is 0 Å². The predicted molar refractivity (Wildman–Crippen MR) is 92.8 cm³/mol. The van der Waals surface area contributed by atoms with E-state index in [4.69, 9.17) is 0 Å². The van der Waals surface area contributed by atoms with Crippen molar-refractivity contribution in [1.82, 2.24) is 24.9 Å². The van der Waals surface area contributed by atoms with Gasteiger partial charge in [0.25, 0.3) is 0 Å². The molecule has 1 atom stereocenters. The Labute approximate surface area is 148 Å². The minimum absolute atomic E-state index is 0.000224. The van der Waals surface area contributed by atoms with E-state index in [2.05, 4.69) is 10.2 Å². The number of carbonyl (C=O) groups is 3. The van der Waals surface area contributed by atoms with E-state index in [0.29, 0.717) is 25.9 Å². The van der Waals surface area contributed by atoms with Crippen molar-refractivity contribution >= 4 is 17.7 Å². The Balaban J connectivity index is 2.03. The van der Waals surface area contributed by atoms with Gasteiger partial charge in [-0.1, -0.05) is 0 Å². The molecule has 2 heterocycles. The van der Waals surface area contributed by atoms with Crippen molar-refractivity contribution in [2.75, 3.05) is 33.7 Å². The van der Waals surface area contributed by atoms with Crippen molar-refractivity contribution in [3.63, 3.8) is 0 Å². The number of hydrogen-bond donors (Lipinski definition) is 1. The van der Waals surface area contributed by atoms with E-state index in [-0.39, 0.29) is 24.3 Å². The molecule has 1 N–H and O–H groups in total. The Morgan fingerprint density at radius 3 is 2.44 bits per heavy atom. The lowest BCUT2D eigenvalue weighted by Gasteiger charge is -2.41. The first kappa shape index (κ1) is 19.0. The van der Waals surface area contributed by atoms with Gasteiger partial charge in [0.1, 0.15) is 6.04 Å². The van der Waals surface area contributed by atoms with Gasteiger partial charge in [-0.25, -0.2) is 0 Å². The van der Waals surface area contributed by atoms with Gasteiger partial charge in [0.2, 0.25) is 17.7 Å². The van der Waals surface area contributed by atoms with Crippen LogP contribution in [0.5, 0.6) is 0 Å². The zero-order chi connectivity index (χ0) is 18.7. The Morgan fingerprint density at radius 1 is 1.24 bits per heavy atom. The first-order valence-corrected chi connectivity index (χ1v) is 8.49. The van der Waals surface area contributed by atoms with Crippen LogP contribution in [0.1, 0.15) is 30.3 Å². The fraction of sp³-hybridized carbons (Fsp3) is 0.647. The van der Waals surface area contributed by atoms with Gasteiger partial charge < -0.3 is 14.7 Å². The van der Waals surface area contributed by atoms with E-state index >= 15 is 0 Å². The molecule has 25 heavy (non-hydrogen) atoms. The van der Waals surface area contributed by atoms with Crippen molar-refractivity contribution in [3.05, 3.63) is 17.0 Å². The summed E-state index contributed by atoms with van der Waals surface area (Å²) in [7, 11) is 3.32. The van der Waals surface area contributed by atoms with Crippen LogP contribution in [-0.4, -0.2) is 82.4 Å². The van der Waals surface area contributed by atoms with Crippen LogP contribution in [0.15, 0.2) is 0 Å². The molecule has 8 nitrogen and oxygen atoms in total. The predicted octanol–water partition coefficient (Wildman–Crippen LogP) is 0.107. The highest BCUT2D eigenvalue weighted by atomic mass is 16.2. The number of aryl methyl sites for hydroxylation is 2. The first-order chi connectivity index (χ1) is 11.7. The number of aromatic amines is 1.